The van der Waals surface area contributed by atoms with E-state index in [1.165, 1.54) is 6.42 Å². The number of nitrogens with one attached hydrogen (secondary N) is 1. The molecule has 1 atom stereocenters. The van der Waals surface area contributed by atoms with Crippen molar-refractivity contribution in [3.05, 3.63) is 0 Å². The van der Waals surface area contributed by atoms with Crippen LogP contribution in [-0.4, -0.2) is 29.2 Å². The predicted octanol–water partition coefficient (Wildman–Crippen LogP) is 1.32. The second-order valence-corrected chi connectivity index (χ2v) is 5.25. The maximum Gasteiger partial charge on any atom is 0.237 e. The van der Waals surface area contributed by atoms with Crippen molar-refractivity contribution in [2.75, 3.05) is 6.54 Å². The van der Waals surface area contributed by atoms with Crippen LogP contribution in [-0.2, 0) is 4.79 Å². The second-order valence-electron chi connectivity index (χ2n) is 5.25. The molecule has 1 fully saturated rings. The fraction of sp³-hybridized carbons (Fsp3) is 0.923. The maximum atomic E-state index is 11.7. The van der Waals surface area contributed by atoms with Crippen LogP contribution in [0.1, 0.15) is 58.3 Å². The lowest BCUT2D eigenvalue weighted by Gasteiger charge is -2.32. The number of unbranched alkanes of at least 4 members (excludes halogenated alkanes) is 1. The quantitative estimate of drug-likeness (QED) is 0.657. The van der Waals surface area contributed by atoms with E-state index in [2.05, 4.69) is 12.2 Å². The lowest BCUT2D eigenvalue weighted by atomic mass is 9.85. The predicted molar refractivity (Wildman–Crippen MR) is 68.5 cm³/mol. The molecule has 100 valence electrons. The van der Waals surface area contributed by atoms with Crippen molar-refractivity contribution in [1.29, 1.82) is 0 Å². The summed E-state index contributed by atoms with van der Waals surface area (Å²) >= 11 is 0. The van der Waals surface area contributed by atoms with Gasteiger partial charge in [-0.1, -0.05) is 39.0 Å². The van der Waals surface area contributed by atoms with Crippen LogP contribution in [0.25, 0.3) is 0 Å². The molecule has 1 rings (SSSR count). The van der Waals surface area contributed by atoms with Crippen LogP contribution >= 0.6 is 0 Å². The molecule has 17 heavy (non-hydrogen) atoms. The maximum absolute atomic E-state index is 11.7. The fourth-order valence-corrected chi connectivity index (χ4v) is 2.32. The molecule has 0 aromatic carbocycles. The summed E-state index contributed by atoms with van der Waals surface area (Å²) in [5, 5.41) is 13.0. The van der Waals surface area contributed by atoms with Crippen LogP contribution in [0.3, 0.4) is 0 Å². The van der Waals surface area contributed by atoms with Crippen molar-refractivity contribution in [2.24, 2.45) is 5.73 Å². The summed E-state index contributed by atoms with van der Waals surface area (Å²) < 4.78 is 0. The molecule has 0 heterocycles. The van der Waals surface area contributed by atoms with Gasteiger partial charge in [-0.25, -0.2) is 0 Å². The fourth-order valence-electron chi connectivity index (χ4n) is 2.32. The van der Waals surface area contributed by atoms with E-state index in [0.717, 1.165) is 44.9 Å². The minimum absolute atomic E-state index is 0.127. The first-order valence-electron chi connectivity index (χ1n) is 6.83. The third kappa shape index (κ3) is 5.04. The third-order valence-corrected chi connectivity index (χ3v) is 3.58. The van der Waals surface area contributed by atoms with Gasteiger partial charge in [0.2, 0.25) is 5.91 Å². The summed E-state index contributed by atoms with van der Waals surface area (Å²) in [6.45, 7) is 2.43. The Morgan fingerprint density at radius 1 is 1.41 bits per heavy atom. The largest absolute Gasteiger partial charge is 0.388 e. The Kier molecular flexibility index (Phi) is 5.92. The molecular formula is C13H26N2O2. The van der Waals surface area contributed by atoms with Crippen LogP contribution in [0.4, 0.5) is 0 Å². The Labute approximate surface area is 104 Å². The van der Waals surface area contributed by atoms with Crippen LogP contribution in [0.5, 0.6) is 0 Å². The Hall–Kier alpha value is -0.610. The van der Waals surface area contributed by atoms with Crippen LogP contribution in [0.15, 0.2) is 0 Å². The zero-order chi connectivity index (χ0) is 12.7. The topological polar surface area (TPSA) is 75.4 Å². The van der Waals surface area contributed by atoms with Gasteiger partial charge in [0.25, 0.3) is 0 Å². The monoisotopic (exact) mass is 242 g/mol. The zero-order valence-electron chi connectivity index (χ0n) is 10.9. The minimum atomic E-state index is -0.696. The summed E-state index contributed by atoms with van der Waals surface area (Å²) in [6, 6.07) is -0.429. The van der Waals surface area contributed by atoms with Gasteiger partial charge in [-0.15, -0.1) is 0 Å². The molecule has 0 aliphatic heterocycles. The highest BCUT2D eigenvalue weighted by Gasteiger charge is 2.29. The average Bonchev–Trinajstić information content (AvgIpc) is 2.34. The Morgan fingerprint density at radius 2 is 2.06 bits per heavy atom. The Balaban J connectivity index is 2.26. The molecule has 4 nitrogen and oxygen atoms in total. The molecule has 0 bridgehead atoms. The molecule has 1 amide bonds. The first kappa shape index (κ1) is 14.5. The van der Waals surface area contributed by atoms with E-state index < -0.39 is 11.6 Å². The molecular weight excluding hydrogens is 216 g/mol. The molecule has 4 heteroatoms. The van der Waals surface area contributed by atoms with Crippen LogP contribution in [0.2, 0.25) is 0 Å². The number of hydrogen-bond acceptors (Lipinski definition) is 3. The van der Waals surface area contributed by atoms with E-state index in [4.69, 9.17) is 5.73 Å². The first-order valence-corrected chi connectivity index (χ1v) is 6.83. The van der Waals surface area contributed by atoms with Crippen molar-refractivity contribution in [3.8, 4) is 0 Å². The van der Waals surface area contributed by atoms with E-state index in [9.17, 15) is 9.90 Å². The van der Waals surface area contributed by atoms with Gasteiger partial charge in [0.05, 0.1) is 11.6 Å². The molecule has 4 N–H and O–H groups in total. The summed E-state index contributed by atoms with van der Waals surface area (Å²) in [5.74, 6) is -0.127. The van der Waals surface area contributed by atoms with Crippen molar-refractivity contribution in [2.45, 2.75) is 69.9 Å². The number of hydrogen-bond donors (Lipinski definition) is 3. The Morgan fingerprint density at radius 3 is 2.65 bits per heavy atom. The minimum Gasteiger partial charge on any atom is -0.388 e. The van der Waals surface area contributed by atoms with Gasteiger partial charge in [0.15, 0.2) is 0 Å². The number of carbonyl (C=O) groups is 1. The van der Waals surface area contributed by atoms with E-state index in [-0.39, 0.29) is 5.91 Å². The van der Waals surface area contributed by atoms with Gasteiger partial charge in [0.1, 0.15) is 0 Å². The zero-order valence-corrected chi connectivity index (χ0v) is 10.9. The second kappa shape index (κ2) is 6.97. The SMILES string of the molecule is CCCC[C@H](N)C(=O)NCC1(O)CCCCC1. The summed E-state index contributed by atoms with van der Waals surface area (Å²) in [5.41, 5.74) is 5.07. The average molecular weight is 242 g/mol. The first-order chi connectivity index (χ1) is 8.07. The highest BCUT2D eigenvalue weighted by molar-refractivity contribution is 5.81. The van der Waals surface area contributed by atoms with Crippen LogP contribution < -0.4 is 11.1 Å². The molecule has 0 unspecified atom stereocenters. The summed E-state index contributed by atoms with van der Waals surface area (Å²) in [6.07, 6.45) is 7.61. The number of amides is 1. The highest BCUT2D eigenvalue weighted by atomic mass is 16.3. The smallest absolute Gasteiger partial charge is 0.237 e. The number of nitrogens with two attached hydrogens (primary N) is 1. The van der Waals surface area contributed by atoms with Crippen molar-refractivity contribution < 1.29 is 9.90 Å². The number of rotatable bonds is 6. The molecule has 1 saturated carbocycles. The van der Waals surface area contributed by atoms with E-state index in [0.29, 0.717) is 6.54 Å². The summed E-state index contributed by atoms with van der Waals surface area (Å²) in [7, 11) is 0. The van der Waals surface area contributed by atoms with Crippen molar-refractivity contribution >= 4 is 5.91 Å². The molecule has 1 aliphatic rings. The molecule has 0 spiro atoms. The van der Waals surface area contributed by atoms with E-state index in [1.54, 1.807) is 0 Å². The van der Waals surface area contributed by atoms with Gasteiger partial charge in [-0.3, -0.25) is 4.79 Å². The normalized spacial score (nSPS) is 20.9. The van der Waals surface area contributed by atoms with Gasteiger partial charge >= 0.3 is 0 Å². The molecule has 0 aromatic rings. The third-order valence-electron chi connectivity index (χ3n) is 3.58. The number of aliphatic hydroxyl groups is 1. The molecule has 0 radical (unpaired) electrons. The van der Waals surface area contributed by atoms with Gasteiger partial charge < -0.3 is 16.2 Å². The molecule has 1 aliphatic carbocycles. The molecule has 0 saturated heterocycles. The van der Waals surface area contributed by atoms with E-state index >= 15 is 0 Å². The number of carbonyl (C=O) groups excluding carboxylic acids is 1. The van der Waals surface area contributed by atoms with Gasteiger partial charge in [-0.05, 0) is 19.3 Å². The van der Waals surface area contributed by atoms with Gasteiger partial charge in [-0.2, -0.15) is 0 Å². The lowest BCUT2D eigenvalue weighted by Crippen LogP contribution is -2.48. The standard InChI is InChI=1S/C13H26N2O2/c1-2-3-7-11(14)12(16)15-10-13(17)8-5-4-6-9-13/h11,17H,2-10,14H2,1H3,(H,15,16)/t11-/m0/s1. The van der Waals surface area contributed by atoms with E-state index in [1.807, 2.05) is 0 Å². The van der Waals surface area contributed by atoms with Crippen molar-refractivity contribution in [1.82, 2.24) is 5.32 Å². The summed E-state index contributed by atoms with van der Waals surface area (Å²) in [4.78, 5) is 11.7. The highest BCUT2D eigenvalue weighted by Crippen LogP contribution is 2.27. The van der Waals surface area contributed by atoms with Crippen LogP contribution in [0, 0.1) is 0 Å². The van der Waals surface area contributed by atoms with Gasteiger partial charge in [0, 0.05) is 6.54 Å². The van der Waals surface area contributed by atoms with Crippen molar-refractivity contribution in [3.63, 3.8) is 0 Å². The Bertz CT molecular complexity index is 238. The molecule has 0 aromatic heterocycles. The lowest BCUT2D eigenvalue weighted by molar-refractivity contribution is -0.124.